The molecule has 1 rings (SSSR count). The molecule has 2 N–H and O–H groups in total. The van der Waals surface area contributed by atoms with Crippen LogP contribution in [0.5, 0.6) is 5.75 Å². The highest BCUT2D eigenvalue weighted by atomic mass is 35.5. The molecule has 0 saturated carbocycles. The fourth-order valence-corrected chi connectivity index (χ4v) is 1.50. The lowest BCUT2D eigenvalue weighted by Gasteiger charge is -2.22. The van der Waals surface area contributed by atoms with Gasteiger partial charge in [0.25, 0.3) is 0 Å². The van der Waals surface area contributed by atoms with E-state index in [4.69, 9.17) is 15.2 Å². The molecule has 1 aromatic rings. The summed E-state index contributed by atoms with van der Waals surface area (Å²) in [5.41, 5.74) is 6.39. The summed E-state index contributed by atoms with van der Waals surface area (Å²) in [6.07, 6.45) is 0. The molecule has 0 aliphatic carbocycles. The van der Waals surface area contributed by atoms with E-state index in [1.165, 1.54) is 7.11 Å². The van der Waals surface area contributed by atoms with Gasteiger partial charge in [-0.3, -0.25) is 4.79 Å². The number of methoxy groups -OCH3 is 2. The highest BCUT2D eigenvalue weighted by Gasteiger charge is 2.31. The Morgan fingerprint density at radius 1 is 1.29 bits per heavy atom. The summed E-state index contributed by atoms with van der Waals surface area (Å²) < 4.78 is 9.81. The van der Waals surface area contributed by atoms with Crippen molar-refractivity contribution in [1.29, 1.82) is 0 Å². The van der Waals surface area contributed by atoms with Gasteiger partial charge in [0.05, 0.1) is 25.3 Å². The number of halogens is 1. The normalized spacial score (nSPS) is 10.4. The number of hydrogen-bond acceptors (Lipinski definition) is 4. The standard InChI is InChI=1S/C12H17NO3.ClH/c1-12(2,11(14)16-4)8-5-6-10(15-3)9(13)7-8;/h5-7H,13H2,1-4H3;1H. The van der Waals surface area contributed by atoms with Crippen LogP contribution in [0.2, 0.25) is 0 Å². The Balaban J connectivity index is 0.00000256. The largest absolute Gasteiger partial charge is 0.495 e. The molecule has 0 radical (unpaired) electrons. The second-order valence-corrected chi connectivity index (χ2v) is 4.07. The van der Waals surface area contributed by atoms with Crippen LogP contribution in [0.3, 0.4) is 0 Å². The van der Waals surface area contributed by atoms with Crippen LogP contribution in [0.1, 0.15) is 19.4 Å². The van der Waals surface area contributed by atoms with Gasteiger partial charge in [0.15, 0.2) is 0 Å². The van der Waals surface area contributed by atoms with Crippen molar-refractivity contribution in [3.05, 3.63) is 23.8 Å². The number of ether oxygens (including phenoxy) is 2. The van der Waals surface area contributed by atoms with Crippen LogP contribution in [0.15, 0.2) is 18.2 Å². The zero-order valence-corrected chi connectivity index (χ0v) is 11.3. The van der Waals surface area contributed by atoms with Gasteiger partial charge in [0.1, 0.15) is 5.75 Å². The predicted molar refractivity (Wildman–Crippen MR) is 69.7 cm³/mol. The number of benzene rings is 1. The minimum absolute atomic E-state index is 0. The summed E-state index contributed by atoms with van der Waals surface area (Å²) in [7, 11) is 2.92. The highest BCUT2D eigenvalue weighted by molar-refractivity contribution is 5.85. The third kappa shape index (κ3) is 3.03. The Morgan fingerprint density at radius 2 is 1.88 bits per heavy atom. The van der Waals surface area contributed by atoms with Crippen molar-refractivity contribution >= 4 is 24.1 Å². The van der Waals surface area contributed by atoms with E-state index in [1.807, 2.05) is 6.07 Å². The lowest BCUT2D eigenvalue weighted by Crippen LogP contribution is -2.30. The van der Waals surface area contributed by atoms with E-state index in [0.29, 0.717) is 11.4 Å². The maximum Gasteiger partial charge on any atom is 0.315 e. The number of carbonyl (C=O) groups excluding carboxylic acids is 1. The summed E-state index contributed by atoms with van der Waals surface area (Å²) >= 11 is 0. The van der Waals surface area contributed by atoms with E-state index >= 15 is 0 Å². The molecule has 0 saturated heterocycles. The van der Waals surface area contributed by atoms with Gasteiger partial charge in [-0.15, -0.1) is 12.4 Å². The Kier molecular flexibility index (Phi) is 5.29. The molecule has 0 aromatic heterocycles. The van der Waals surface area contributed by atoms with E-state index in [0.717, 1.165) is 5.56 Å². The Bertz CT molecular complexity index is 405. The van der Waals surface area contributed by atoms with Crippen molar-refractivity contribution < 1.29 is 14.3 Å². The van der Waals surface area contributed by atoms with Crippen LogP contribution in [0.4, 0.5) is 5.69 Å². The molecular weight excluding hydrogens is 242 g/mol. The maximum absolute atomic E-state index is 11.6. The van der Waals surface area contributed by atoms with Crippen molar-refractivity contribution in [1.82, 2.24) is 0 Å². The second-order valence-electron chi connectivity index (χ2n) is 4.07. The number of hydrogen-bond donors (Lipinski definition) is 1. The third-order valence-electron chi connectivity index (χ3n) is 2.65. The highest BCUT2D eigenvalue weighted by Crippen LogP contribution is 2.30. The number of anilines is 1. The molecule has 0 heterocycles. The van der Waals surface area contributed by atoms with Gasteiger partial charge >= 0.3 is 5.97 Å². The summed E-state index contributed by atoms with van der Waals surface area (Å²) in [4.78, 5) is 11.6. The fraction of sp³-hybridized carbons (Fsp3) is 0.417. The first kappa shape index (κ1) is 15.6. The minimum atomic E-state index is -0.713. The Morgan fingerprint density at radius 3 is 2.29 bits per heavy atom. The van der Waals surface area contributed by atoms with Crippen LogP contribution in [-0.4, -0.2) is 20.2 Å². The summed E-state index contributed by atoms with van der Waals surface area (Å²) in [5.74, 6) is 0.307. The molecule has 0 spiro atoms. The smallest absolute Gasteiger partial charge is 0.315 e. The van der Waals surface area contributed by atoms with Gasteiger partial charge in [-0.1, -0.05) is 6.07 Å². The molecule has 0 bridgehead atoms. The Labute approximate surface area is 108 Å². The minimum Gasteiger partial charge on any atom is -0.495 e. The molecular formula is C12H18ClNO3. The number of esters is 1. The van der Waals surface area contributed by atoms with Gasteiger partial charge in [-0.2, -0.15) is 0 Å². The number of carbonyl (C=O) groups is 1. The topological polar surface area (TPSA) is 61.5 Å². The second kappa shape index (κ2) is 5.77. The zero-order chi connectivity index (χ0) is 12.3. The molecule has 0 atom stereocenters. The molecule has 4 nitrogen and oxygen atoms in total. The monoisotopic (exact) mass is 259 g/mol. The van der Waals surface area contributed by atoms with Gasteiger partial charge in [0, 0.05) is 0 Å². The van der Waals surface area contributed by atoms with Gasteiger partial charge in [0.2, 0.25) is 0 Å². The molecule has 1 aromatic carbocycles. The first-order chi connectivity index (χ1) is 7.43. The molecule has 96 valence electrons. The molecule has 0 unspecified atom stereocenters. The van der Waals surface area contributed by atoms with Crippen LogP contribution >= 0.6 is 12.4 Å². The van der Waals surface area contributed by atoms with Crippen molar-refractivity contribution in [2.75, 3.05) is 20.0 Å². The van der Waals surface area contributed by atoms with E-state index in [2.05, 4.69) is 0 Å². The summed E-state index contributed by atoms with van der Waals surface area (Å²) in [6, 6.07) is 5.29. The predicted octanol–water partition coefficient (Wildman–Crippen LogP) is 2.15. The van der Waals surface area contributed by atoms with Gasteiger partial charge < -0.3 is 15.2 Å². The third-order valence-corrected chi connectivity index (χ3v) is 2.65. The molecule has 0 amide bonds. The average molecular weight is 260 g/mol. The first-order valence-electron chi connectivity index (χ1n) is 4.96. The average Bonchev–Trinajstić information content (AvgIpc) is 2.27. The van der Waals surface area contributed by atoms with E-state index in [1.54, 1.807) is 33.1 Å². The van der Waals surface area contributed by atoms with Gasteiger partial charge in [-0.25, -0.2) is 0 Å². The van der Waals surface area contributed by atoms with Crippen molar-refractivity contribution in [3.63, 3.8) is 0 Å². The number of nitrogens with two attached hydrogens (primary N) is 1. The summed E-state index contributed by atoms with van der Waals surface area (Å²) in [6.45, 7) is 3.58. The van der Waals surface area contributed by atoms with Crippen molar-refractivity contribution in [2.45, 2.75) is 19.3 Å². The van der Waals surface area contributed by atoms with Crippen LogP contribution in [0.25, 0.3) is 0 Å². The zero-order valence-electron chi connectivity index (χ0n) is 10.4. The lowest BCUT2D eigenvalue weighted by molar-refractivity contribution is -0.146. The number of rotatable bonds is 3. The van der Waals surface area contributed by atoms with Crippen LogP contribution < -0.4 is 10.5 Å². The molecule has 0 aliphatic rings. The van der Waals surface area contributed by atoms with Crippen LogP contribution in [-0.2, 0) is 14.9 Å². The van der Waals surface area contributed by atoms with Crippen molar-refractivity contribution in [2.24, 2.45) is 0 Å². The van der Waals surface area contributed by atoms with Gasteiger partial charge in [-0.05, 0) is 31.5 Å². The van der Waals surface area contributed by atoms with E-state index in [9.17, 15) is 4.79 Å². The van der Waals surface area contributed by atoms with E-state index < -0.39 is 5.41 Å². The lowest BCUT2D eigenvalue weighted by atomic mass is 9.84. The molecule has 0 fully saturated rings. The molecule has 5 heteroatoms. The Hall–Kier alpha value is -1.42. The fourth-order valence-electron chi connectivity index (χ4n) is 1.50. The maximum atomic E-state index is 11.6. The van der Waals surface area contributed by atoms with Crippen molar-refractivity contribution in [3.8, 4) is 5.75 Å². The van der Waals surface area contributed by atoms with Crippen LogP contribution in [0, 0.1) is 0 Å². The molecule has 0 aliphatic heterocycles. The number of nitrogen functional groups attached to an aromatic ring is 1. The quantitative estimate of drug-likeness (QED) is 0.667. The van der Waals surface area contributed by atoms with E-state index in [-0.39, 0.29) is 18.4 Å². The summed E-state index contributed by atoms with van der Waals surface area (Å²) in [5, 5.41) is 0. The molecule has 17 heavy (non-hydrogen) atoms. The first-order valence-corrected chi connectivity index (χ1v) is 4.96. The SMILES string of the molecule is COC(=O)C(C)(C)c1ccc(OC)c(N)c1.Cl.